The number of rotatable bonds is 4. The number of hydrogen-bond donors (Lipinski definition) is 2. The molecule has 16 heavy (non-hydrogen) atoms. The van der Waals surface area contributed by atoms with Gasteiger partial charge >= 0.3 is 6.01 Å². The number of hydrogen-bond acceptors (Lipinski definition) is 6. The van der Waals surface area contributed by atoms with Crippen molar-refractivity contribution in [3.05, 3.63) is 5.89 Å². The normalized spacial score (nSPS) is 19.6. The van der Waals surface area contributed by atoms with E-state index in [0.717, 1.165) is 12.5 Å². The highest BCUT2D eigenvalue weighted by Crippen LogP contribution is 2.23. The summed E-state index contributed by atoms with van der Waals surface area (Å²) in [5.41, 5.74) is 5.64. The SMILES string of the molecule is CC(N)c1nnc(NCC2CCSCC2)o1. The van der Waals surface area contributed by atoms with Crippen molar-refractivity contribution in [3.63, 3.8) is 0 Å². The van der Waals surface area contributed by atoms with Gasteiger partial charge in [-0.2, -0.15) is 11.8 Å². The summed E-state index contributed by atoms with van der Waals surface area (Å²) in [6.45, 7) is 2.75. The van der Waals surface area contributed by atoms with Crippen LogP contribution in [0.3, 0.4) is 0 Å². The van der Waals surface area contributed by atoms with Gasteiger partial charge in [-0.1, -0.05) is 5.10 Å². The average Bonchev–Trinajstić information content (AvgIpc) is 2.76. The molecule has 1 aromatic heterocycles. The van der Waals surface area contributed by atoms with Gasteiger partial charge in [0.2, 0.25) is 5.89 Å². The maximum absolute atomic E-state index is 5.64. The lowest BCUT2D eigenvalue weighted by atomic mass is 10.0. The fourth-order valence-electron chi connectivity index (χ4n) is 1.67. The van der Waals surface area contributed by atoms with Crippen molar-refractivity contribution in [1.82, 2.24) is 10.2 Å². The van der Waals surface area contributed by atoms with Crippen molar-refractivity contribution in [2.45, 2.75) is 25.8 Å². The Kier molecular flexibility index (Phi) is 4.06. The molecule has 1 fully saturated rings. The molecule has 0 spiro atoms. The molecule has 0 amide bonds. The van der Waals surface area contributed by atoms with Crippen molar-refractivity contribution in [2.75, 3.05) is 23.4 Å². The topological polar surface area (TPSA) is 77.0 Å². The molecule has 1 aromatic rings. The predicted molar refractivity (Wildman–Crippen MR) is 65.4 cm³/mol. The molecule has 2 heterocycles. The van der Waals surface area contributed by atoms with Gasteiger partial charge in [0.1, 0.15) is 0 Å². The smallest absolute Gasteiger partial charge is 0.315 e. The van der Waals surface area contributed by atoms with E-state index in [-0.39, 0.29) is 6.04 Å². The van der Waals surface area contributed by atoms with Gasteiger partial charge in [-0.05, 0) is 37.2 Å². The third kappa shape index (κ3) is 3.12. The van der Waals surface area contributed by atoms with Crippen molar-refractivity contribution >= 4 is 17.8 Å². The number of thioether (sulfide) groups is 1. The van der Waals surface area contributed by atoms with Gasteiger partial charge in [0.25, 0.3) is 0 Å². The Hall–Kier alpha value is -0.750. The highest BCUT2D eigenvalue weighted by atomic mass is 32.2. The molecule has 5 nitrogen and oxygen atoms in total. The summed E-state index contributed by atoms with van der Waals surface area (Å²) >= 11 is 2.03. The summed E-state index contributed by atoms with van der Waals surface area (Å²) in [5.74, 6) is 3.75. The first-order valence-corrected chi connectivity index (χ1v) is 6.82. The molecule has 0 aliphatic carbocycles. The minimum absolute atomic E-state index is 0.200. The van der Waals surface area contributed by atoms with Crippen molar-refractivity contribution in [1.29, 1.82) is 0 Å². The lowest BCUT2D eigenvalue weighted by molar-refractivity contribution is 0.461. The maximum atomic E-state index is 5.64. The number of nitrogens with two attached hydrogens (primary N) is 1. The molecule has 6 heteroatoms. The maximum Gasteiger partial charge on any atom is 0.315 e. The minimum atomic E-state index is -0.200. The molecule has 0 saturated carbocycles. The second-order valence-corrected chi connectivity index (χ2v) is 5.40. The second kappa shape index (κ2) is 5.54. The summed E-state index contributed by atoms with van der Waals surface area (Å²) in [5, 5.41) is 11.0. The Morgan fingerprint density at radius 1 is 1.50 bits per heavy atom. The average molecular weight is 242 g/mol. The van der Waals surface area contributed by atoms with Crippen LogP contribution in [-0.2, 0) is 0 Å². The van der Waals surface area contributed by atoms with Gasteiger partial charge in [-0.25, -0.2) is 0 Å². The van der Waals surface area contributed by atoms with Crippen LogP contribution in [0.25, 0.3) is 0 Å². The van der Waals surface area contributed by atoms with Crippen LogP contribution in [0.2, 0.25) is 0 Å². The minimum Gasteiger partial charge on any atom is -0.406 e. The molecule has 1 atom stereocenters. The van der Waals surface area contributed by atoms with Gasteiger partial charge in [-0.15, -0.1) is 5.10 Å². The van der Waals surface area contributed by atoms with E-state index in [9.17, 15) is 0 Å². The second-order valence-electron chi connectivity index (χ2n) is 4.17. The Morgan fingerprint density at radius 2 is 2.25 bits per heavy atom. The van der Waals surface area contributed by atoms with E-state index in [2.05, 4.69) is 15.5 Å². The zero-order valence-electron chi connectivity index (χ0n) is 9.48. The van der Waals surface area contributed by atoms with Crippen LogP contribution in [0.5, 0.6) is 0 Å². The Bertz CT molecular complexity index is 322. The fourth-order valence-corrected chi connectivity index (χ4v) is 2.88. The van der Waals surface area contributed by atoms with Gasteiger partial charge in [0.15, 0.2) is 0 Å². The standard InChI is InChI=1S/C10H18N4OS/c1-7(11)9-13-14-10(15-9)12-6-8-2-4-16-5-3-8/h7-8H,2-6,11H2,1H3,(H,12,14). The molecule has 1 aliphatic heterocycles. The molecule has 0 radical (unpaired) electrons. The van der Waals surface area contributed by atoms with E-state index in [1.807, 2.05) is 18.7 Å². The summed E-state index contributed by atoms with van der Waals surface area (Å²) in [6, 6.07) is 0.291. The first kappa shape index (κ1) is 11.7. The van der Waals surface area contributed by atoms with Crippen molar-refractivity contribution in [2.24, 2.45) is 11.7 Å². The van der Waals surface area contributed by atoms with Crippen LogP contribution in [0.15, 0.2) is 4.42 Å². The van der Waals surface area contributed by atoms with Crippen molar-refractivity contribution in [3.8, 4) is 0 Å². The molecular weight excluding hydrogens is 224 g/mol. The third-order valence-electron chi connectivity index (χ3n) is 2.71. The van der Waals surface area contributed by atoms with E-state index in [0.29, 0.717) is 11.9 Å². The number of aromatic nitrogens is 2. The van der Waals surface area contributed by atoms with E-state index >= 15 is 0 Å². The molecule has 1 aliphatic rings. The zero-order chi connectivity index (χ0) is 11.4. The molecule has 90 valence electrons. The van der Waals surface area contributed by atoms with Crippen LogP contribution in [0, 0.1) is 5.92 Å². The molecular formula is C10H18N4OS. The highest BCUT2D eigenvalue weighted by molar-refractivity contribution is 7.99. The van der Waals surface area contributed by atoms with Crippen LogP contribution in [0.4, 0.5) is 6.01 Å². The molecule has 0 bridgehead atoms. The lowest BCUT2D eigenvalue weighted by Gasteiger charge is -2.20. The molecule has 1 saturated heterocycles. The van der Waals surface area contributed by atoms with Gasteiger partial charge < -0.3 is 15.5 Å². The number of nitrogens with zero attached hydrogens (tertiary/aromatic N) is 2. The molecule has 2 rings (SSSR count). The monoisotopic (exact) mass is 242 g/mol. The van der Waals surface area contributed by atoms with Crippen LogP contribution >= 0.6 is 11.8 Å². The molecule has 1 unspecified atom stereocenters. The van der Waals surface area contributed by atoms with Crippen LogP contribution in [-0.4, -0.2) is 28.2 Å². The van der Waals surface area contributed by atoms with Gasteiger partial charge in [-0.3, -0.25) is 0 Å². The zero-order valence-corrected chi connectivity index (χ0v) is 10.3. The Labute approximate surface area is 99.6 Å². The summed E-state index contributed by atoms with van der Waals surface area (Å²) in [4.78, 5) is 0. The van der Waals surface area contributed by atoms with E-state index in [1.165, 1.54) is 24.3 Å². The van der Waals surface area contributed by atoms with E-state index < -0.39 is 0 Å². The summed E-state index contributed by atoms with van der Waals surface area (Å²) < 4.78 is 5.37. The third-order valence-corrected chi connectivity index (χ3v) is 3.76. The predicted octanol–water partition coefficient (Wildman–Crippen LogP) is 1.64. The first-order chi connectivity index (χ1) is 7.75. The Morgan fingerprint density at radius 3 is 2.88 bits per heavy atom. The first-order valence-electron chi connectivity index (χ1n) is 5.66. The fraction of sp³-hybridized carbons (Fsp3) is 0.800. The van der Waals surface area contributed by atoms with Crippen LogP contribution in [0.1, 0.15) is 31.7 Å². The van der Waals surface area contributed by atoms with Gasteiger partial charge in [0, 0.05) is 6.54 Å². The summed E-state index contributed by atoms with van der Waals surface area (Å²) in [7, 11) is 0. The highest BCUT2D eigenvalue weighted by Gasteiger charge is 2.15. The summed E-state index contributed by atoms with van der Waals surface area (Å²) in [6.07, 6.45) is 2.54. The Balaban J connectivity index is 1.79. The van der Waals surface area contributed by atoms with Gasteiger partial charge in [0.05, 0.1) is 6.04 Å². The van der Waals surface area contributed by atoms with Crippen molar-refractivity contribution < 1.29 is 4.42 Å². The molecule has 0 aromatic carbocycles. The van der Waals surface area contributed by atoms with E-state index in [4.69, 9.17) is 10.2 Å². The lowest BCUT2D eigenvalue weighted by Crippen LogP contribution is -2.19. The van der Waals surface area contributed by atoms with E-state index in [1.54, 1.807) is 0 Å². The number of nitrogens with one attached hydrogen (secondary N) is 1. The molecule has 3 N–H and O–H groups in total. The van der Waals surface area contributed by atoms with Crippen LogP contribution < -0.4 is 11.1 Å². The number of anilines is 1. The largest absolute Gasteiger partial charge is 0.406 e. The quantitative estimate of drug-likeness (QED) is 0.836.